The minimum atomic E-state index is 0.243. The van der Waals surface area contributed by atoms with Crippen molar-refractivity contribution in [1.29, 1.82) is 0 Å². The van der Waals surface area contributed by atoms with Crippen LogP contribution in [-0.4, -0.2) is 9.97 Å². The van der Waals surface area contributed by atoms with Crippen LogP contribution < -0.4 is 11.5 Å². The highest BCUT2D eigenvalue weighted by Crippen LogP contribution is 2.22. The molecule has 0 amide bonds. The van der Waals surface area contributed by atoms with Gasteiger partial charge in [0.25, 0.3) is 0 Å². The minimum absolute atomic E-state index is 0.243. The molecule has 0 bridgehead atoms. The zero-order chi connectivity index (χ0) is 9.30. The van der Waals surface area contributed by atoms with Crippen LogP contribution in [-0.2, 0) is 0 Å². The largest absolute Gasteiger partial charge is 0.399 e. The van der Waals surface area contributed by atoms with Crippen molar-refractivity contribution in [2.24, 2.45) is 5.73 Å². The van der Waals surface area contributed by atoms with E-state index in [1.165, 1.54) is 0 Å². The summed E-state index contributed by atoms with van der Waals surface area (Å²) in [5.74, 6) is 0.780. The Balaban J connectivity index is 3.38. The van der Waals surface area contributed by atoms with Gasteiger partial charge >= 0.3 is 0 Å². The molecule has 0 saturated heterocycles. The third-order valence-electron chi connectivity index (χ3n) is 1.33. The van der Waals surface area contributed by atoms with Gasteiger partial charge in [-0.15, -0.1) is 0 Å². The molecule has 1 rings (SSSR count). The standard InChI is InChI=1S/C7H9ClN4/c1-3(9)5-6(8)11-4(2)12-7(5)10/h1,9H2,2H3,(H2,10,11,12). The predicted octanol–water partition coefficient (Wildman–Crippen LogP) is 0.950. The third-order valence-corrected chi connectivity index (χ3v) is 1.60. The average molecular weight is 185 g/mol. The Hall–Kier alpha value is -1.29. The molecule has 0 atom stereocenters. The number of nitrogen functional groups attached to an aromatic ring is 1. The van der Waals surface area contributed by atoms with Gasteiger partial charge in [0.2, 0.25) is 0 Å². The Morgan fingerprint density at radius 1 is 1.50 bits per heavy atom. The number of nitrogens with zero attached hydrogens (tertiary/aromatic N) is 2. The summed E-state index contributed by atoms with van der Waals surface area (Å²) in [6, 6.07) is 0. The van der Waals surface area contributed by atoms with Crippen LogP contribution in [0.3, 0.4) is 0 Å². The van der Waals surface area contributed by atoms with Gasteiger partial charge in [0.1, 0.15) is 16.8 Å². The molecule has 4 N–H and O–H groups in total. The fourth-order valence-corrected chi connectivity index (χ4v) is 1.20. The van der Waals surface area contributed by atoms with E-state index in [0.29, 0.717) is 11.4 Å². The maximum absolute atomic E-state index is 5.76. The molecule has 64 valence electrons. The molecular formula is C7H9ClN4. The molecule has 0 aliphatic heterocycles. The average Bonchev–Trinajstić information content (AvgIpc) is 1.82. The number of hydrogen-bond donors (Lipinski definition) is 2. The lowest BCUT2D eigenvalue weighted by atomic mass is 10.2. The van der Waals surface area contributed by atoms with E-state index in [0.717, 1.165) is 0 Å². The number of hydrogen-bond acceptors (Lipinski definition) is 4. The number of nitrogens with two attached hydrogens (primary N) is 2. The summed E-state index contributed by atoms with van der Waals surface area (Å²) in [6.45, 7) is 5.21. The maximum Gasteiger partial charge on any atom is 0.144 e. The van der Waals surface area contributed by atoms with Gasteiger partial charge < -0.3 is 11.5 Å². The summed E-state index contributed by atoms with van der Waals surface area (Å²) < 4.78 is 0. The molecule has 0 fully saturated rings. The Kier molecular flexibility index (Phi) is 2.19. The summed E-state index contributed by atoms with van der Waals surface area (Å²) in [4.78, 5) is 7.79. The quantitative estimate of drug-likeness (QED) is 0.637. The van der Waals surface area contributed by atoms with Gasteiger partial charge in [-0.05, 0) is 6.92 Å². The lowest BCUT2D eigenvalue weighted by Crippen LogP contribution is -2.05. The lowest BCUT2D eigenvalue weighted by molar-refractivity contribution is 1.05. The maximum atomic E-state index is 5.76. The van der Waals surface area contributed by atoms with Crippen molar-refractivity contribution >= 4 is 23.1 Å². The molecule has 5 heteroatoms. The fourth-order valence-electron chi connectivity index (χ4n) is 0.856. The zero-order valence-electron chi connectivity index (χ0n) is 6.63. The number of rotatable bonds is 1. The molecule has 1 aromatic rings. The molecule has 0 aromatic carbocycles. The van der Waals surface area contributed by atoms with Crippen molar-refractivity contribution in [3.63, 3.8) is 0 Å². The monoisotopic (exact) mass is 184 g/mol. The Morgan fingerprint density at radius 2 is 2.08 bits per heavy atom. The first-order valence-corrected chi connectivity index (χ1v) is 3.64. The van der Waals surface area contributed by atoms with E-state index in [1.54, 1.807) is 6.92 Å². The lowest BCUT2D eigenvalue weighted by Gasteiger charge is -2.05. The highest BCUT2D eigenvalue weighted by molar-refractivity contribution is 6.31. The van der Waals surface area contributed by atoms with Gasteiger partial charge in [-0.25, -0.2) is 9.97 Å². The summed E-state index contributed by atoms with van der Waals surface area (Å²) >= 11 is 5.76. The number of aryl methyl sites for hydroxylation is 1. The summed E-state index contributed by atoms with van der Waals surface area (Å²) in [5, 5.41) is 0.243. The van der Waals surface area contributed by atoms with Gasteiger partial charge in [-0.3, -0.25) is 0 Å². The van der Waals surface area contributed by atoms with Crippen LogP contribution in [0.4, 0.5) is 5.82 Å². The summed E-state index contributed by atoms with van der Waals surface area (Å²) in [7, 11) is 0. The molecule has 0 saturated carbocycles. The van der Waals surface area contributed by atoms with Gasteiger partial charge in [-0.2, -0.15) is 0 Å². The topological polar surface area (TPSA) is 77.8 Å². The Labute approximate surface area is 75.3 Å². The Bertz CT molecular complexity index is 311. The van der Waals surface area contributed by atoms with Crippen molar-refractivity contribution < 1.29 is 0 Å². The van der Waals surface area contributed by atoms with E-state index in [4.69, 9.17) is 23.1 Å². The SMILES string of the molecule is C=C(N)c1c(N)nc(C)nc1Cl. The van der Waals surface area contributed by atoms with Gasteiger partial charge in [-0.1, -0.05) is 18.2 Å². The highest BCUT2D eigenvalue weighted by Gasteiger charge is 2.09. The van der Waals surface area contributed by atoms with Gasteiger partial charge in [0, 0.05) is 5.70 Å². The van der Waals surface area contributed by atoms with Crippen LogP contribution in [0.25, 0.3) is 5.70 Å². The molecule has 0 spiro atoms. The molecular weight excluding hydrogens is 176 g/mol. The van der Waals surface area contributed by atoms with Gasteiger partial charge in [0.15, 0.2) is 0 Å². The van der Waals surface area contributed by atoms with E-state index >= 15 is 0 Å². The molecule has 0 aliphatic rings. The van der Waals surface area contributed by atoms with Crippen LogP contribution in [0.15, 0.2) is 6.58 Å². The van der Waals surface area contributed by atoms with Crippen molar-refractivity contribution in [3.8, 4) is 0 Å². The van der Waals surface area contributed by atoms with Crippen molar-refractivity contribution in [2.75, 3.05) is 5.73 Å². The molecule has 0 unspecified atom stereocenters. The molecule has 1 aromatic heterocycles. The van der Waals surface area contributed by atoms with E-state index in [-0.39, 0.29) is 16.7 Å². The summed E-state index contributed by atoms with van der Waals surface area (Å²) in [6.07, 6.45) is 0. The van der Waals surface area contributed by atoms with Crippen LogP contribution in [0.5, 0.6) is 0 Å². The highest BCUT2D eigenvalue weighted by atomic mass is 35.5. The second-order valence-electron chi connectivity index (χ2n) is 2.35. The van der Waals surface area contributed by atoms with E-state index in [1.807, 2.05) is 0 Å². The predicted molar refractivity (Wildman–Crippen MR) is 49.4 cm³/mol. The smallest absolute Gasteiger partial charge is 0.144 e. The summed E-state index contributed by atoms with van der Waals surface area (Å²) in [5.41, 5.74) is 11.7. The number of halogens is 1. The number of aromatic nitrogens is 2. The Morgan fingerprint density at radius 3 is 2.50 bits per heavy atom. The molecule has 1 heterocycles. The zero-order valence-corrected chi connectivity index (χ0v) is 7.39. The van der Waals surface area contributed by atoms with Gasteiger partial charge in [0.05, 0.1) is 5.56 Å². The molecule has 0 radical (unpaired) electrons. The second-order valence-corrected chi connectivity index (χ2v) is 2.71. The van der Waals surface area contributed by atoms with E-state index < -0.39 is 0 Å². The van der Waals surface area contributed by atoms with Crippen molar-refractivity contribution in [3.05, 3.63) is 23.1 Å². The molecule has 0 aliphatic carbocycles. The van der Waals surface area contributed by atoms with Crippen LogP contribution in [0, 0.1) is 6.92 Å². The van der Waals surface area contributed by atoms with E-state index in [2.05, 4.69) is 16.5 Å². The van der Waals surface area contributed by atoms with Crippen LogP contribution in [0.2, 0.25) is 5.15 Å². The first-order chi connectivity index (χ1) is 5.52. The minimum Gasteiger partial charge on any atom is -0.399 e. The third kappa shape index (κ3) is 1.48. The molecule has 4 nitrogen and oxygen atoms in total. The van der Waals surface area contributed by atoms with Crippen molar-refractivity contribution in [1.82, 2.24) is 9.97 Å². The number of anilines is 1. The molecule has 12 heavy (non-hydrogen) atoms. The normalized spacial score (nSPS) is 9.83. The first kappa shape index (κ1) is 8.80. The van der Waals surface area contributed by atoms with E-state index in [9.17, 15) is 0 Å². The van der Waals surface area contributed by atoms with Crippen LogP contribution >= 0.6 is 11.6 Å². The van der Waals surface area contributed by atoms with Crippen LogP contribution in [0.1, 0.15) is 11.4 Å². The van der Waals surface area contributed by atoms with Crippen molar-refractivity contribution in [2.45, 2.75) is 6.92 Å². The second kappa shape index (κ2) is 2.98. The fraction of sp³-hybridized carbons (Fsp3) is 0.143. The first-order valence-electron chi connectivity index (χ1n) is 3.26.